The molecule has 1 aromatic carbocycles. The molecule has 1 aromatic rings. The molecule has 1 aliphatic heterocycles. The van der Waals surface area contributed by atoms with Crippen LogP contribution in [0.15, 0.2) is 16.6 Å². The molecule has 1 N–H and O–H groups in total. The first kappa shape index (κ1) is 13.8. The Morgan fingerprint density at radius 2 is 2.15 bits per heavy atom. The smallest absolute Gasteiger partial charge is 0.293 e. The number of rotatable bonds is 2. The summed E-state index contributed by atoms with van der Waals surface area (Å²) in [6, 6.07) is 2.41. The van der Waals surface area contributed by atoms with Gasteiger partial charge in [0.25, 0.3) is 5.69 Å². The Kier molecular flexibility index (Phi) is 3.41. The van der Waals surface area contributed by atoms with E-state index >= 15 is 0 Å². The van der Waals surface area contributed by atoms with Crippen LogP contribution in [0.4, 0.5) is 15.8 Å². The first-order valence-corrected chi connectivity index (χ1v) is 7.33. The van der Waals surface area contributed by atoms with Crippen molar-refractivity contribution in [2.45, 2.75) is 18.9 Å². The van der Waals surface area contributed by atoms with E-state index in [1.165, 1.54) is 12.1 Å². The van der Waals surface area contributed by atoms with E-state index in [-0.39, 0.29) is 22.2 Å². The van der Waals surface area contributed by atoms with Gasteiger partial charge in [0.15, 0.2) is 0 Å². The molecular formula is C13H14BrFN2O3. The number of nitro groups is 1. The van der Waals surface area contributed by atoms with Crippen molar-refractivity contribution in [1.82, 2.24) is 0 Å². The van der Waals surface area contributed by atoms with Crippen LogP contribution in [-0.2, 0) is 0 Å². The fourth-order valence-electron chi connectivity index (χ4n) is 3.36. The third kappa shape index (κ3) is 2.18. The quantitative estimate of drug-likeness (QED) is 0.661. The second-order valence-electron chi connectivity index (χ2n) is 5.49. The molecule has 1 heterocycles. The Hall–Kier alpha value is -1.21. The molecule has 3 atom stereocenters. The first-order chi connectivity index (χ1) is 9.47. The van der Waals surface area contributed by atoms with Gasteiger partial charge in [0.2, 0.25) is 0 Å². The zero-order valence-electron chi connectivity index (χ0n) is 10.6. The Balaban J connectivity index is 1.95. The number of hydrogen-bond donors (Lipinski definition) is 1. The molecule has 2 fully saturated rings. The van der Waals surface area contributed by atoms with Crippen LogP contribution in [0.25, 0.3) is 0 Å². The van der Waals surface area contributed by atoms with Crippen molar-refractivity contribution in [1.29, 1.82) is 0 Å². The van der Waals surface area contributed by atoms with Crippen molar-refractivity contribution in [3.63, 3.8) is 0 Å². The van der Waals surface area contributed by atoms with Crippen LogP contribution in [0.1, 0.15) is 12.8 Å². The minimum Gasteiger partial charge on any atom is -0.393 e. The van der Waals surface area contributed by atoms with Gasteiger partial charge in [0.05, 0.1) is 15.5 Å². The normalized spacial score (nSPS) is 28.8. The molecule has 1 saturated carbocycles. The molecule has 0 aromatic heterocycles. The van der Waals surface area contributed by atoms with Gasteiger partial charge in [-0.25, -0.2) is 4.39 Å². The molecule has 0 spiro atoms. The van der Waals surface area contributed by atoms with E-state index in [1.54, 1.807) is 0 Å². The van der Waals surface area contributed by atoms with E-state index in [9.17, 15) is 19.6 Å². The molecule has 5 nitrogen and oxygen atoms in total. The minimum absolute atomic E-state index is 0.0902. The highest BCUT2D eigenvalue weighted by Gasteiger charge is 2.43. The molecule has 7 heteroatoms. The highest BCUT2D eigenvalue weighted by molar-refractivity contribution is 9.10. The first-order valence-electron chi connectivity index (χ1n) is 6.54. The fraction of sp³-hybridized carbons (Fsp3) is 0.538. The average molecular weight is 345 g/mol. The van der Waals surface area contributed by atoms with Gasteiger partial charge in [-0.1, -0.05) is 0 Å². The summed E-state index contributed by atoms with van der Waals surface area (Å²) in [6.07, 6.45) is 1.37. The summed E-state index contributed by atoms with van der Waals surface area (Å²) in [5.74, 6) is -0.0270. The Bertz CT molecular complexity index is 569. The number of nitrogens with zero attached hydrogens (tertiary/aromatic N) is 2. The summed E-state index contributed by atoms with van der Waals surface area (Å²) < 4.78 is 13.8. The second kappa shape index (κ2) is 4.96. The number of anilines is 1. The highest BCUT2D eigenvalue weighted by Crippen LogP contribution is 2.43. The Morgan fingerprint density at radius 3 is 2.80 bits per heavy atom. The van der Waals surface area contributed by atoms with E-state index in [1.807, 2.05) is 4.90 Å². The van der Waals surface area contributed by atoms with Crippen molar-refractivity contribution in [3.05, 3.63) is 32.5 Å². The lowest BCUT2D eigenvalue weighted by atomic mass is 10.00. The molecule has 0 amide bonds. The van der Waals surface area contributed by atoms with Crippen molar-refractivity contribution in [2.75, 3.05) is 18.0 Å². The fourth-order valence-corrected chi connectivity index (χ4v) is 3.69. The second-order valence-corrected chi connectivity index (χ2v) is 6.34. The van der Waals surface area contributed by atoms with Crippen LogP contribution >= 0.6 is 15.9 Å². The van der Waals surface area contributed by atoms with Gasteiger partial charge >= 0.3 is 0 Å². The number of fused-ring (bicyclic) bond motifs is 1. The molecule has 3 rings (SSSR count). The number of benzene rings is 1. The van der Waals surface area contributed by atoms with Crippen LogP contribution < -0.4 is 4.90 Å². The zero-order valence-corrected chi connectivity index (χ0v) is 12.2. The predicted molar refractivity (Wildman–Crippen MR) is 75.2 cm³/mol. The summed E-state index contributed by atoms with van der Waals surface area (Å²) >= 11 is 2.98. The molecule has 0 radical (unpaired) electrons. The van der Waals surface area contributed by atoms with Crippen molar-refractivity contribution < 1.29 is 14.4 Å². The van der Waals surface area contributed by atoms with Gasteiger partial charge in [-0.3, -0.25) is 10.1 Å². The number of aliphatic hydroxyl groups excluding tert-OH is 1. The number of nitro benzene ring substituents is 1. The van der Waals surface area contributed by atoms with Crippen LogP contribution in [0.3, 0.4) is 0 Å². The van der Waals surface area contributed by atoms with Gasteiger partial charge in [0.1, 0.15) is 11.5 Å². The topological polar surface area (TPSA) is 66.6 Å². The van der Waals surface area contributed by atoms with E-state index in [4.69, 9.17) is 0 Å². The van der Waals surface area contributed by atoms with Crippen molar-refractivity contribution in [2.24, 2.45) is 11.8 Å². The third-order valence-electron chi connectivity index (χ3n) is 4.37. The van der Waals surface area contributed by atoms with E-state index in [2.05, 4.69) is 15.9 Å². The average Bonchev–Trinajstić information content (AvgIpc) is 2.95. The van der Waals surface area contributed by atoms with Gasteiger partial charge in [-0.05, 0) is 34.7 Å². The standard InChI is InChI=1S/C13H14BrFN2O3/c14-9-3-12(17(19)20)11(4-10(9)15)16-5-7-1-2-13(18)8(7)6-16/h3-4,7-8,13,18H,1-2,5-6H2. The molecule has 108 valence electrons. The number of halogens is 2. The summed E-state index contributed by atoms with van der Waals surface area (Å²) in [5.41, 5.74) is 0.199. The maximum Gasteiger partial charge on any atom is 0.293 e. The number of hydrogen-bond acceptors (Lipinski definition) is 4. The lowest BCUT2D eigenvalue weighted by Crippen LogP contribution is -2.25. The minimum atomic E-state index is -0.511. The predicted octanol–water partition coefficient (Wildman–Crippen LogP) is 2.70. The van der Waals surface area contributed by atoms with E-state index < -0.39 is 10.7 Å². The summed E-state index contributed by atoms with van der Waals surface area (Å²) in [7, 11) is 0. The van der Waals surface area contributed by atoms with Crippen LogP contribution in [-0.4, -0.2) is 29.2 Å². The van der Waals surface area contributed by atoms with Crippen molar-refractivity contribution >= 4 is 27.3 Å². The third-order valence-corrected chi connectivity index (χ3v) is 4.98. The molecule has 3 unspecified atom stereocenters. The monoisotopic (exact) mass is 344 g/mol. The Morgan fingerprint density at radius 1 is 1.40 bits per heavy atom. The van der Waals surface area contributed by atoms with Crippen LogP contribution in [0, 0.1) is 27.8 Å². The summed E-state index contributed by atoms with van der Waals surface area (Å²) in [5, 5.41) is 21.0. The summed E-state index contributed by atoms with van der Waals surface area (Å²) in [6.45, 7) is 1.19. The van der Waals surface area contributed by atoms with E-state index in [0.29, 0.717) is 24.7 Å². The maximum atomic E-state index is 13.7. The van der Waals surface area contributed by atoms with Crippen molar-refractivity contribution in [3.8, 4) is 0 Å². The zero-order chi connectivity index (χ0) is 14.4. The molecule has 2 aliphatic rings. The van der Waals surface area contributed by atoms with Crippen LogP contribution in [0.5, 0.6) is 0 Å². The number of aliphatic hydroxyl groups is 1. The molecular weight excluding hydrogens is 331 g/mol. The SMILES string of the molecule is O=[N+]([O-])c1cc(Br)c(F)cc1N1CC2CCC(O)C2C1. The van der Waals surface area contributed by atoms with Gasteiger partial charge in [-0.2, -0.15) is 0 Å². The largest absolute Gasteiger partial charge is 0.393 e. The molecule has 1 saturated heterocycles. The lowest BCUT2D eigenvalue weighted by Gasteiger charge is -2.20. The van der Waals surface area contributed by atoms with Gasteiger partial charge < -0.3 is 10.0 Å². The summed E-state index contributed by atoms with van der Waals surface area (Å²) in [4.78, 5) is 12.5. The molecule has 1 aliphatic carbocycles. The van der Waals surface area contributed by atoms with E-state index in [0.717, 1.165) is 12.8 Å². The van der Waals surface area contributed by atoms with Gasteiger partial charge in [0, 0.05) is 31.1 Å². The molecule has 20 heavy (non-hydrogen) atoms. The van der Waals surface area contributed by atoms with Crippen LogP contribution in [0.2, 0.25) is 0 Å². The Labute approximate surface area is 123 Å². The van der Waals surface area contributed by atoms with Gasteiger partial charge in [-0.15, -0.1) is 0 Å². The highest BCUT2D eigenvalue weighted by atomic mass is 79.9. The lowest BCUT2D eigenvalue weighted by molar-refractivity contribution is -0.384. The molecule has 0 bridgehead atoms. The maximum absolute atomic E-state index is 13.7.